The van der Waals surface area contributed by atoms with E-state index in [9.17, 15) is 25.0 Å². The van der Waals surface area contributed by atoms with E-state index in [1.807, 2.05) is 0 Å². The summed E-state index contributed by atoms with van der Waals surface area (Å²) in [5.74, 6) is -0.937. The number of nitro benzene ring substituents is 1. The number of amides is 1. The molecule has 120 valence electrons. The molecule has 0 bridgehead atoms. The predicted molar refractivity (Wildman–Crippen MR) is 80.1 cm³/mol. The van der Waals surface area contributed by atoms with Crippen LogP contribution >= 0.6 is 0 Å². The lowest BCUT2D eigenvalue weighted by Crippen LogP contribution is -2.25. The van der Waals surface area contributed by atoms with E-state index < -0.39 is 21.8 Å². The summed E-state index contributed by atoms with van der Waals surface area (Å²) in [4.78, 5) is 32.7. The molecule has 0 saturated carbocycles. The molecule has 0 saturated heterocycles. The summed E-state index contributed by atoms with van der Waals surface area (Å²) in [5.41, 5.74) is 0.242. The average molecular weight is 319 g/mol. The highest BCUT2D eigenvalue weighted by Gasteiger charge is 2.26. The molecule has 2 aromatic rings. The number of para-hydroxylation sites is 2. The van der Waals surface area contributed by atoms with Crippen molar-refractivity contribution in [1.82, 2.24) is 9.78 Å². The van der Waals surface area contributed by atoms with Crippen LogP contribution in [0.2, 0.25) is 0 Å². The summed E-state index contributed by atoms with van der Waals surface area (Å²) >= 11 is 0. The van der Waals surface area contributed by atoms with E-state index in [-0.39, 0.29) is 17.2 Å². The summed E-state index contributed by atoms with van der Waals surface area (Å²) in [5, 5.41) is 27.9. The summed E-state index contributed by atoms with van der Waals surface area (Å²) in [6.07, 6.45) is 0. The lowest BCUT2D eigenvalue weighted by atomic mass is 10.2. The average Bonchev–Trinajstić information content (AvgIpc) is 2.89. The molecule has 0 aliphatic rings. The first-order chi connectivity index (χ1) is 10.8. The maximum atomic E-state index is 12.3. The van der Waals surface area contributed by atoms with E-state index in [2.05, 4.69) is 10.4 Å². The van der Waals surface area contributed by atoms with Crippen molar-refractivity contribution in [1.29, 1.82) is 0 Å². The van der Waals surface area contributed by atoms with E-state index in [1.165, 1.54) is 35.9 Å². The van der Waals surface area contributed by atoms with Crippen molar-refractivity contribution in [3.8, 4) is 0 Å². The zero-order valence-electron chi connectivity index (χ0n) is 12.3. The van der Waals surface area contributed by atoms with Crippen molar-refractivity contribution in [2.45, 2.75) is 19.9 Å². The Morgan fingerprint density at radius 3 is 2.48 bits per heavy atom. The highest BCUT2D eigenvalue weighted by molar-refractivity contribution is 5.95. The minimum absolute atomic E-state index is 0.0497. The molecule has 1 atom stereocenters. The van der Waals surface area contributed by atoms with Gasteiger partial charge in [-0.2, -0.15) is 4.68 Å². The van der Waals surface area contributed by atoms with Crippen LogP contribution in [0.3, 0.4) is 0 Å². The number of aryl methyl sites for hydroxylation is 1. The number of carbonyl (C=O) groups excluding carboxylic acids is 1. The quantitative estimate of drug-likeness (QED) is 0.663. The summed E-state index contributed by atoms with van der Waals surface area (Å²) in [6, 6.07) is 6.08. The van der Waals surface area contributed by atoms with Gasteiger partial charge in [-0.1, -0.05) is 12.1 Å². The van der Waals surface area contributed by atoms with Gasteiger partial charge in [0.1, 0.15) is 11.7 Å². The van der Waals surface area contributed by atoms with Crippen LogP contribution in [0.15, 0.2) is 30.3 Å². The molecule has 0 aliphatic heterocycles. The molecule has 2 rings (SSSR count). The van der Waals surface area contributed by atoms with E-state index in [0.29, 0.717) is 5.69 Å². The number of hydrogen-bond donors (Lipinski definition) is 1. The molecule has 1 unspecified atom stereocenters. The molecule has 0 aliphatic carbocycles. The van der Waals surface area contributed by atoms with E-state index in [0.717, 1.165) is 0 Å². The second-order valence-corrected chi connectivity index (χ2v) is 4.79. The van der Waals surface area contributed by atoms with E-state index in [1.54, 1.807) is 13.0 Å². The lowest BCUT2D eigenvalue weighted by molar-refractivity contribution is -0.389. The number of hydrogen-bond acceptors (Lipinski definition) is 6. The predicted octanol–water partition coefficient (Wildman–Crippen LogP) is 2.21. The summed E-state index contributed by atoms with van der Waals surface area (Å²) in [6.45, 7) is 3.07. The number of carbonyl (C=O) groups is 1. The van der Waals surface area contributed by atoms with Crippen molar-refractivity contribution >= 4 is 23.1 Å². The van der Waals surface area contributed by atoms with Crippen LogP contribution in [0.5, 0.6) is 0 Å². The van der Waals surface area contributed by atoms with Gasteiger partial charge in [0.15, 0.2) is 0 Å². The minimum Gasteiger partial charge on any atom is -0.358 e. The van der Waals surface area contributed by atoms with E-state index in [4.69, 9.17) is 0 Å². The van der Waals surface area contributed by atoms with Crippen molar-refractivity contribution in [3.05, 3.63) is 56.3 Å². The SMILES string of the molecule is Cc1cc([N+](=O)[O-])nn1C(C)C(=O)Nc1ccccc1[N+](=O)[O-]. The molecule has 0 fully saturated rings. The van der Waals surface area contributed by atoms with Crippen LogP contribution < -0.4 is 5.32 Å². The number of anilines is 1. The van der Waals surface area contributed by atoms with Crippen LogP contribution in [0.4, 0.5) is 17.2 Å². The Labute approximate surface area is 130 Å². The summed E-state index contributed by atoms with van der Waals surface area (Å²) < 4.78 is 1.20. The molecule has 1 amide bonds. The Morgan fingerprint density at radius 2 is 1.91 bits per heavy atom. The third-order valence-electron chi connectivity index (χ3n) is 3.20. The normalized spacial score (nSPS) is 11.7. The maximum Gasteiger partial charge on any atom is 0.390 e. The first-order valence-corrected chi connectivity index (χ1v) is 6.56. The van der Waals surface area contributed by atoms with Crippen molar-refractivity contribution in [3.63, 3.8) is 0 Å². The highest BCUT2D eigenvalue weighted by atomic mass is 16.6. The molecular weight excluding hydrogens is 306 g/mol. The first kappa shape index (κ1) is 16.1. The standard InChI is InChI=1S/C13H13N5O5/c1-8-7-12(18(22)23)15-16(8)9(2)13(19)14-10-5-3-4-6-11(10)17(20)21/h3-7,9H,1-2H3,(H,14,19). The Kier molecular flexibility index (Phi) is 4.35. The molecule has 0 spiro atoms. The summed E-state index contributed by atoms with van der Waals surface area (Å²) in [7, 11) is 0. The number of benzene rings is 1. The zero-order valence-corrected chi connectivity index (χ0v) is 12.3. The van der Waals surface area contributed by atoms with Gasteiger partial charge in [0.2, 0.25) is 0 Å². The van der Waals surface area contributed by atoms with Crippen molar-refractivity contribution in [2.75, 3.05) is 5.32 Å². The fourth-order valence-electron chi connectivity index (χ4n) is 2.04. The highest BCUT2D eigenvalue weighted by Crippen LogP contribution is 2.24. The van der Waals surface area contributed by atoms with Crippen LogP contribution in [0, 0.1) is 27.2 Å². The van der Waals surface area contributed by atoms with Gasteiger partial charge in [0, 0.05) is 6.07 Å². The first-order valence-electron chi connectivity index (χ1n) is 6.56. The molecule has 1 heterocycles. The number of nitrogens with zero attached hydrogens (tertiary/aromatic N) is 4. The van der Waals surface area contributed by atoms with Crippen LogP contribution in [-0.2, 0) is 4.79 Å². The topological polar surface area (TPSA) is 133 Å². The Morgan fingerprint density at radius 1 is 1.26 bits per heavy atom. The van der Waals surface area contributed by atoms with Crippen LogP contribution in [0.1, 0.15) is 18.7 Å². The lowest BCUT2D eigenvalue weighted by Gasteiger charge is -2.11. The number of nitrogens with one attached hydrogen (secondary N) is 1. The van der Waals surface area contributed by atoms with Gasteiger partial charge in [-0.05, 0) is 24.8 Å². The van der Waals surface area contributed by atoms with E-state index >= 15 is 0 Å². The molecular formula is C13H13N5O5. The molecule has 1 N–H and O–H groups in total. The fourth-order valence-corrected chi connectivity index (χ4v) is 2.04. The molecule has 0 radical (unpaired) electrons. The monoisotopic (exact) mass is 319 g/mol. The zero-order chi connectivity index (χ0) is 17.1. The second kappa shape index (κ2) is 6.22. The molecule has 10 nitrogen and oxygen atoms in total. The Hall–Kier alpha value is -3.30. The Balaban J connectivity index is 2.24. The van der Waals surface area contributed by atoms with Gasteiger partial charge in [-0.15, -0.1) is 0 Å². The van der Waals surface area contributed by atoms with Crippen LogP contribution in [0.25, 0.3) is 0 Å². The van der Waals surface area contributed by atoms with Gasteiger partial charge >= 0.3 is 5.82 Å². The fraction of sp³-hybridized carbons (Fsp3) is 0.231. The molecule has 1 aromatic carbocycles. The van der Waals surface area contributed by atoms with Gasteiger partial charge in [0.05, 0.1) is 21.8 Å². The van der Waals surface area contributed by atoms with Gasteiger partial charge < -0.3 is 15.4 Å². The minimum atomic E-state index is -0.872. The number of nitro groups is 2. The third-order valence-corrected chi connectivity index (χ3v) is 3.20. The maximum absolute atomic E-state index is 12.3. The van der Waals surface area contributed by atoms with Gasteiger partial charge in [0.25, 0.3) is 11.6 Å². The van der Waals surface area contributed by atoms with Gasteiger partial charge in [-0.25, -0.2) is 0 Å². The smallest absolute Gasteiger partial charge is 0.358 e. The number of aromatic nitrogens is 2. The van der Waals surface area contributed by atoms with Crippen LogP contribution in [-0.4, -0.2) is 25.5 Å². The molecule has 23 heavy (non-hydrogen) atoms. The Bertz CT molecular complexity index is 785. The third kappa shape index (κ3) is 3.31. The molecule has 10 heteroatoms. The molecule has 1 aromatic heterocycles. The van der Waals surface area contributed by atoms with Crippen molar-refractivity contribution in [2.24, 2.45) is 0 Å². The largest absolute Gasteiger partial charge is 0.390 e. The second-order valence-electron chi connectivity index (χ2n) is 4.79. The van der Waals surface area contributed by atoms with Gasteiger partial charge in [-0.3, -0.25) is 14.9 Å². The number of rotatable bonds is 5. The van der Waals surface area contributed by atoms with Crippen molar-refractivity contribution < 1.29 is 14.6 Å².